The number of rotatable bonds is 4. The Kier molecular flexibility index (Phi) is 3.94. The Morgan fingerprint density at radius 3 is 2.75 bits per heavy atom. The fourth-order valence-electron chi connectivity index (χ4n) is 1.61. The number of nitrogens with zero attached hydrogens (tertiary/aromatic N) is 4. The molecule has 0 aromatic carbocycles. The van der Waals surface area contributed by atoms with E-state index in [9.17, 15) is 4.79 Å². The summed E-state index contributed by atoms with van der Waals surface area (Å²) >= 11 is 0. The molecule has 0 atom stereocenters. The average Bonchev–Trinajstić information content (AvgIpc) is 2.83. The van der Waals surface area contributed by atoms with Crippen LogP contribution < -0.4 is 16.6 Å². The highest BCUT2D eigenvalue weighted by atomic mass is 16.2. The SMILES string of the molecule is CC(C)c1ncc(NN)c(C(=O)Nc2ccn(C)n2)n1. The molecular formula is C12H17N7O. The minimum atomic E-state index is -0.388. The molecule has 20 heavy (non-hydrogen) atoms. The van der Waals surface area contributed by atoms with Crippen LogP contribution >= 0.6 is 0 Å². The first kappa shape index (κ1) is 13.9. The van der Waals surface area contributed by atoms with Crippen molar-refractivity contribution in [1.82, 2.24) is 19.7 Å². The molecule has 8 nitrogen and oxygen atoms in total. The number of anilines is 2. The Bertz CT molecular complexity index is 620. The van der Waals surface area contributed by atoms with Gasteiger partial charge in [-0.1, -0.05) is 13.8 Å². The van der Waals surface area contributed by atoms with Crippen molar-refractivity contribution in [3.63, 3.8) is 0 Å². The van der Waals surface area contributed by atoms with Gasteiger partial charge in [0.1, 0.15) is 5.82 Å². The fraction of sp³-hybridized carbons (Fsp3) is 0.333. The van der Waals surface area contributed by atoms with Crippen LogP contribution in [-0.2, 0) is 7.05 Å². The van der Waals surface area contributed by atoms with E-state index in [1.165, 1.54) is 6.20 Å². The van der Waals surface area contributed by atoms with E-state index >= 15 is 0 Å². The van der Waals surface area contributed by atoms with Crippen LogP contribution in [0.5, 0.6) is 0 Å². The van der Waals surface area contributed by atoms with Gasteiger partial charge in [-0.15, -0.1) is 0 Å². The molecule has 2 aromatic heterocycles. The van der Waals surface area contributed by atoms with Crippen molar-refractivity contribution in [2.24, 2.45) is 12.9 Å². The van der Waals surface area contributed by atoms with E-state index in [0.717, 1.165) is 0 Å². The van der Waals surface area contributed by atoms with Crippen LogP contribution in [0.15, 0.2) is 18.5 Å². The van der Waals surface area contributed by atoms with E-state index in [1.807, 2.05) is 13.8 Å². The highest BCUT2D eigenvalue weighted by molar-refractivity contribution is 6.05. The molecule has 0 aliphatic heterocycles. The van der Waals surface area contributed by atoms with Gasteiger partial charge in [-0.2, -0.15) is 5.10 Å². The van der Waals surface area contributed by atoms with Crippen molar-refractivity contribution in [3.05, 3.63) is 30.0 Å². The average molecular weight is 275 g/mol. The zero-order chi connectivity index (χ0) is 14.7. The minimum Gasteiger partial charge on any atom is -0.321 e. The van der Waals surface area contributed by atoms with Crippen molar-refractivity contribution in [2.45, 2.75) is 19.8 Å². The van der Waals surface area contributed by atoms with Crippen LogP contribution in [0, 0.1) is 0 Å². The highest BCUT2D eigenvalue weighted by Crippen LogP contribution is 2.16. The van der Waals surface area contributed by atoms with Crippen LogP contribution in [0.2, 0.25) is 0 Å². The predicted octanol–water partition coefficient (Wildman–Crippen LogP) is 0.871. The Morgan fingerprint density at radius 2 is 2.20 bits per heavy atom. The van der Waals surface area contributed by atoms with E-state index < -0.39 is 0 Å². The lowest BCUT2D eigenvalue weighted by atomic mass is 10.2. The maximum atomic E-state index is 12.2. The maximum Gasteiger partial charge on any atom is 0.277 e. The van der Waals surface area contributed by atoms with Gasteiger partial charge in [-0.25, -0.2) is 9.97 Å². The van der Waals surface area contributed by atoms with Gasteiger partial charge >= 0.3 is 0 Å². The number of aryl methyl sites for hydroxylation is 1. The van der Waals surface area contributed by atoms with E-state index in [4.69, 9.17) is 5.84 Å². The van der Waals surface area contributed by atoms with Crippen molar-refractivity contribution >= 4 is 17.4 Å². The number of hydrogen-bond donors (Lipinski definition) is 3. The summed E-state index contributed by atoms with van der Waals surface area (Å²) in [4.78, 5) is 20.6. The summed E-state index contributed by atoms with van der Waals surface area (Å²) in [6, 6.07) is 1.69. The summed E-state index contributed by atoms with van der Waals surface area (Å²) in [5.41, 5.74) is 2.98. The first-order chi connectivity index (χ1) is 9.51. The molecule has 1 amide bonds. The summed E-state index contributed by atoms with van der Waals surface area (Å²) in [6.07, 6.45) is 3.23. The molecule has 0 unspecified atom stereocenters. The summed E-state index contributed by atoms with van der Waals surface area (Å²) in [5.74, 6) is 6.14. The van der Waals surface area contributed by atoms with Gasteiger partial charge < -0.3 is 10.7 Å². The number of hydrazine groups is 1. The number of aromatic nitrogens is 4. The third kappa shape index (κ3) is 2.91. The van der Waals surface area contributed by atoms with Gasteiger partial charge in [-0.05, 0) is 0 Å². The van der Waals surface area contributed by atoms with Gasteiger partial charge in [-0.3, -0.25) is 15.3 Å². The molecule has 0 aliphatic rings. The number of nitrogens with two attached hydrogens (primary N) is 1. The molecule has 0 fully saturated rings. The summed E-state index contributed by atoms with van der Waals surface area (Å²) in [7, 11) is 1.77. The molecule has 0 aliphatic carbocycles. The van der Waals surface area contributed by atoms with Crippen LogP contribution in [0.4, 0.5) is 11.5 Å². The molecule has 106 valence electrons. The van der Waals surface area contributed by atoms with E-state index in [2.05, 4.69) is 25.8 Å². The second-order valence-corrected chi connectivity index (χ2v) is 4.62. The Labute approximate surface area is 116 Å². The van der Waals surface area contributed by atoms with Crippen molar-refractivity contribution in [2.75, 3.05) is 10.7 Å². The topological polar surface area (TPSA) is 111 Å². The minimum absolute atomic E-state index is 0.114. The lowest BCUT2D eigenvalue weighted by molar-refractivity contribution is 0.102. The normalized spacial score (nSPS) is 10.7. The van der Waals surface area contributed by atoms with Crippen LogP contribution in [0.1, 0.15) is 36.1 Å². The summed E-state index contributed by atoms with van der Waals surface area (Å²) in [5, 5.41) is 6.74. The number of hydrogen-bond acceptors (Lipinski definition) is 6. The fourth-order valence-corrected chi connectivity index (χ4v) is 1.61. The van der Waals surface area contributed by atoms with E-state index in [0.29, 0.717) is 17.3 Å². The predicted molar refractivity (Wildman–Crippen MR) is 75.1 cm³/mol. The van der Waals surface area contributed by atoms with Crippen molar-refractivity contribution in [1.29, 1.82) is 0 Å². The Hall–Kier alpha value is -2.48. The van der Waals surface area contributed by atoms with Crippen LogP contribution in [-0.4, -0.2) is 25.7 Å². The van der Waals surface area contributed by atoms with Gasteiger partial charge in [0.25, 0.3) is 5.91 Å². The van der Waals surface area contributed by atoms with Crippen molar-refractivity contribution in [3.8, 4) is 0 Å². The molecular weight excluding hydrogens is 258 g/mol. The number of amides is 1. The van der Waals surface area contributed by atoms with Gasteiger partial charge in [0.05, 0.1) is 11.9 Å². The highest BCUT2D eigenvalue weighted by Gasteiger charge is 2.17. The standard InChI is InChI=1S/C12H17N7O/c1-7(2)11-14-6-8(17-13)10(16-11)12(20)15-9-4-5-19(3)18-9/h4-7,17H,13H2,1-3H3,(H,15,18,20). The second kappa shape index (κ2) is 5.66. The molecule has 0 saturated heterocycles. The van der Waals surface area contributed by atoms with Gasteiger partial charge in [0, 0.05) is 25.2 Å². The number of carbonyl (C=O) groups excluding carboxylic acids is 1. The zero-order valence-corrected chi connectivity index (χ0v) is 11.6. The van der Waals surface area contributed by atoms with Gasteiger partial charge in [0.15, 0.2) is 11.5 Å². The lowest BCUT2D eigenvalue weighted by Gasteiger charge is -2.10. The number of nitrogen functional groups attached to an aromatic ring is 1. The Morgan fingerprint density at radius 1 is 1.45 bits per heavy atom. The van der Waals surface area contributed by atoms with Crippen LogP contribution in [0.3, 0.4) is 0 Å². The van der Waals surface area contributed by atoms with E-state index in [-0.39, 0.29) is 17.5 Å². The first-order valence-corrected chi connectivity index (χ1v) is 6.15. The molecule has 4 N–H and O–H groups in total. The maximum absolute atomic E-state index is 12.2. The van der Waals surface area contributed by atoms with E-state index in [1.54, 1.807) is 24.0 Å². The zero-order valence-electron chi connectivity index (χ0n) is 11.6. The lowest BCUT2D eigenvalue weighted by Crippen LogP contribution is -2.20. The molecule has 2 rings (SSSR count). The van der Waals surface area contributed by atoms with Crippen molar-refractivity contribution < 1.29 is 4.79 Å². The second-order valence-electron chi connectivity index (χ2n) is 4.62. The number of nitrogens with one attached hydrogen (secondary N) is 2. The molecule has 8 heteroatoms. The van der Waals surface area contributed by atoms with Gasteiger partial charge in [0.2, 0.25) is 0 Å². The Balaban J connectivity index is 2.29. The molecule has 2 heterocycles. The van der Waals surface area contributed by atoms with Crippen LogP contribution in [0.25, 0.3) is 0 Å². The monoisotopic (exact) mass is 275 g/mol. The summed E-state index contributed by atoms with van der Waals surface area (Å²) in [6.45, 7) is 3.90. The molecule has 0 spiro atoms. The molecule has 0 saturated carbocycles. The molecule has 2 aromatic rings. The third-order valence-electron chi connectivity index (χ3n) is 2.65. The third-order valence-corrected chi connectivity index (χ3v) is 2.65. The smallest absolute Gasteiger partial charge is 0.277 e. The number of carbonyl (C=O) groups is 1. The first-order valence-electron chi connectivity index (χ1n) is 6.15. The largest absolute Gasteiger partial charge is 0.321 e. The molecule has 0 bridgehead atoms. The quantitative estimate of drug-likeness (QED) is 0.564. The summed E-state index contributed by atoms with van der Waals surface area (Å²) < 4.78 is 1.59. The molecule has 0 radical (unpaired) electrons.